The molecule has 0 fully saturated rings. The minimum Gasteiger partial charge on any atom is -0.507 e. The summed E-state index contributed by atoms with van der Waals surface area (Å²) < 4.78 is 5.64. The van der Waals surface area contributed by atoms with E-state index in [1.165, 1.54) is 0 Å². The average molecular weight is 376 g/mol. The predicted octanol–water partition coefficient (Wildman–Crippen LogP) is 4.48. The highest BCUT2D eigenvalue weighted by Gasteiger charge is 2.20. The van der Waals surface area contributed by atoms with Crippen LogP contribution in [0.25, 0.3) is 10.8 Å². The molecule has 3 rings (SSSR count). The van der Waals surface area contributed by atoms with Gasteiger partial charge < -0.3 is 14.9 Å². The summed E-state index contributed by atoms with van der Waals surface area (Å²) in [5.41, 5.74) is 1.77. The number of fused-ring (bicyclic) bond motifs is 1. The molecule has 0 aliphatic heterocycles. The molecule has 1 amide bonds. The van der Waals surface area contributed by atoms with E-state index in [4.69, 9.17) is 10.00 Å². The zero-order chi connectivity index (χ0) is 19.9. The number of ether oxygens (including phenoxy) is 1. The standard InChI is InChI=1S/C22H20N2O4/c23-14-15-7-9-16(10-8-15)24-22(27)28-21(6-3-13-25)19-11-12-20(26)18-5-2-1-4-17(18)19/h1-2,4-5,7-12,21,25-26H,3,6,13H2,(H,24,27)/t21-/m1/s1. The van der Waals surface area contributed by atoms with Crippen LogP contribution in [0, 0.1) is 11.3 Å². The Bertz CT molecular complexity index is 1010. The first-order valence-electron chi connectivity index (χ1n) is 8.91. The number of nitriles is 1. The maximum absolute atomic E-state index is 12.4. The van der Waals surface area contributed by atoms with Crippen LogP contribution in [-0.4, -0.2) is 22.9 Å². The molecule has 0 bridgehead atoms. The minimum atomic E-state index is -0.634. The number of carbonyl (C=O) groups excluding carboxylic acids is 1. The number of phenols is 1. The van der Waals surface area contributed by atoms with Crippen molar-refractivity contribution in [2.45, 2.75) is 18.9 Å². The lowest BCUT2D eigenvalue weighted by Gasteiger charge is -2.20. The highest BCUT2D eigenvalue weighted by molar-refractivity contribution is 5.91. The fourth-order valence-corrected chi connectivity index (χ4v) is 3.05. The first-order valence-corrected chi connectivity index (χ1v) is 8.91. The highest BCUT2D eigenvalue weighted by Crippen LogP contribution is 2.34. The molecule has 1 atom stereocenters. The number of nitrogens with one attached hydrogen (secondary N) is 1. The van der Waals surface area contributed by atoms with Gasteiger partial charge in [-0.2, -0.15) is 5.26 Å². The molecule has 6 heteroatoms. The summed E-state index contributed by atoms with van der Waals surface area (Å²) in [6, 6.07) is 19.1. The molecule has 3 aromatic carbocycles. The van der Waals surface area contributed by atoms with Gasteiger partial charge in [-0.1, -0.05) is 30.3 Å². The number of carbonyl (C=O) groups is 1. The van der Waals surface area contributed by atoms with Crippen molar-refractivity contribution in [2.24, 2.45) is 0 Å². The van der Waals surface area contributed by atoms with Crippen LogP contribution < -0.4 is 5.32 Å². The number of hydrogen-bond donors (Lipinski definition) is 3. The van der Waals surface area contributed by atoms with E-state index >= 15 is 0 Å². The van der Waals surface area contributed by atoms with Crippen molar-refractivity contribution in [1.29, 1.82) is 5.26 Å². The van der Waals surface area contributed by atoms with Gasteiger partial charge in [0.1, 0.15) is 11.9 Å². The number of anilines is 1. The van der Waals surface area contributed by atoms with Gasteiger partial charge in [0.15, 0.2) is 0 Å². The van der Waals surface area contributed by atoms with E-state index < -0.39 is 12.2 Å². The van der Waals surface area contributed by atoms with Crippen LogP contribution >= 0.6 is 0 Å². The third-order valence-electron chi connectivity index (χ3n) is 4.42. The number of aromatic hydroxyl groups is 1. The Morgan fingerprint density at radius 2 is 1.79 bits per heavy atom. The second kappa shape index (κ2) is 8.89. The summed E-state index contributed by atoms with van der Waals surface area (Å²) in [4.78, 5) is 12.4. The van der Waals surface area contributed by atoms with Gasteiger partial charge in [0.2, 0.25) is 0 Å². The van der Waals surface area contributed by atoms with Gasteiger partial charge >= 0.3 is 6.09 Å². The lowest BCUT2D eigenvalue weighted by atomic mass is 9.97. The van der Waals surface area contributed by atoms with Gasteiger partial charge in [0, 0.05) is 23.2 Å². The molecule has 142 valence electrons. The number of rotatable bonds is 6. The van der Waals surface area contributed by atoms with Crippen LogP contribution in [0.3, 0.4) is 0 Å². The van der Waals surface area contributed by atoms with Crippen LogP contribution in [0.2, 0.25) is 0 Å². The molecule has 0 aliphatic carbocycles. The Kier molecular flexibility index (Phi) is 6.10. The summed E-state index contributed by atoms with van der Waals surface area (Å²) in [5.74, 6) is 0.155. The van der Waals surface area contributed by atoms with E-state index in [1.807, 2.05) is 24.3 Å². The molecule has 0 aliphatic rings. The molecule has 28 heavy (non-hydrogen) atoms. The monoisotopic (exact) mass is 376 g/mol. The number of hydrogen-bond acceptors (Lipinski definition) is 5. The van der Waals surface area contributed by atoms with E-state index in [2.05, 4.69) is 5.32 Å². The Labute approximate surface area is 162 Å². The maximum atomic E-state index is 12.4. The van der Waals surface area contributed by atoms with Crippen molar-refractivity contribution < 1.29 is 19.7 Å². The summed E-state index contributed by atoms with van der Waals surface area (Å²) in [6.45, 7) is -0.0207. The second-order valence-electron chi connectivity index (χ2n) is 6.29. The van der Waals surface area contributed by atoms with Gasteiger partial charge in [-0.05, 0) is 48.6 Å². The van der Waals surface area contributed by atoms with Crippen LogP contribution in [-0.2, 0) is 4.74 Å². The zero-order valence-corrected chi connectivity index (χ0v) is 15.1. The molecular formula is C22H20N2O4. The Hall–Kier alpha value is -3.56. The molecule has 3 aromatic rings. The maximum Gasteiger partial charge on any atom is 0.412 e. The average Bonchev–Trinajstić information content (AvgIpc) is 2.72. The fraction of sp³-hybridized carbons (Fsp3) is 0.182. The first-order chi connectivity index (χ1) is 13.6. The SMILES string of the molecule is N#Cc1ccc(NC(=O)O[C@H](CCCO)c2ccc(O)c3ccccc23)cc1. The number of aliphatic hydroxyl groups is 1. The Balaban J connectivity index is 1.83. The summed E-state index contributed by atoms with van der Waals surface area (Å²) in [5, 5.41) is 32.3. The predicted molar refractivity (Wildman–Crippen MR) is 106 cm³/mol. The number of nitrogens with zero attached hydrogens (tertiary/aromatic N) is 1. The Morgan fingerprint density at radius 1 is 1.07 bits per heavy atom. The van der Waals surface area contributed by atoms with E-state index in [0.29, 0.717) is 29.5 Å². The largest absolute Gasteiger partial charge is 0.507 e. The third kappa shape index (κ3) is 4.40. The number of benzene rings is 3. The molecule has 0 heterocycles. The smallest absolute Gasteiger partial charge is 0.412 e. The van der Waals surface area contributed by atoms with Crippen molar-refractivity contribution in [2.75, 3.05) is 11.9 Å². The number of aliphatic hydroxyl groups excluding tert-OH is 1. The lowest BCUT2D eigenvalue weighted by Crippen LogP contribution is -2.18. The van der Waals surface area contributed by atoms with E-state index in [-0.39, 0.29) is 12.4 Å². The van der Waals surface area contributed by atoms with Crippen molar-refractivity contribution in [3.63, 3.8) is 0 Å². The fourth-order valence-electron chi connectivity index (χ4n) is 3.05. The van der Waals surface area contributed by atoms with Gasteiger partial charge in [-0.25, -0.2) is 4.79 Å². The van der Waals surface area contributed by atoms with Crippen LogP contribution in [0.1, 0.15) is 30.1 Å². The number of phenolic OH excluding ortho intramolecular Hbond substituents is 1. The number of amides is 1. The van der Waals surface area contributed by atoms with Gasteiger partial charge in [-0.15, -0.1) is 0 Å². The summed E-state index contributed by atoms with van der Waals surface area (Å²) in [6.07, 6.45) is -0.323. The Morgan fingerprint density at radius 3 is 2.46 bits per heavy atom. The van der Waals surface area contributed by atoms with E-state index in [9.17, 15) is 15.0 Å². The molecule has 3 N–H and O–H groups in total. The highest BCUT2D eigenvalue weighted by atomic mass is 16.6. The zero-order valence-electron chi connectivity index (χ0n) is 15.1. The molecular weight excluding hydrogens is 356 g/mol. The quantitative estimate of drug-likeness (QED) is 0.589. The minimum absolute atomic E-state index is 0.0207. The molecule has 0 radical (unpaired) electrons. The summed E-state index contributed by atoms with van der Waals surface area (Å²) in [7, 11) is 0. The normalized spacial score (nSPS) is 11.6. The van der Waals surface area contributed by atoms with E-state index in [0.717, 1.165) is 10.9 Å². The van der Waals surface area contributed by atoms with Gasteiger partial charge in [-0.3, -0.25) is 5.32 Å². The van der Waals surface area contributed by atoms with Crippen LogP contribution in [0.5, 0.6) is 5.75 Å². The van der Waals surface area contributed by atoms with Crippen LogP contribution in [0.15, 0.2) is 60.7 Å². The molecule has 0 saturated carbocycles. The van der Waals surface area contributed by atoms with Crippen molar-refractivity contribution >= 4 is 22.6 Å². The van der Waals surface area contributed by atoms with Gasteiger partial charge in [0.25, 0.3) is 0 Å². The summed E-state index contributed by atoms with van der Waals surface area (Å²) >= 11 is 0. The van der Waals surface area contributed by atoms with Crippen molar-refractivity contribution in [3.05, 3.63) is 71.8 Å². The third-order valence-corrected chi connectivity index (χ3v) is 4.42. The molecule has 0 saturated heterocycles. The molecule has 0 unspecified atom stereocenters. The van der Waals surface area contributed by atoms with Crippen molar-refractivity contribution in [1.82, 2.24) is 0 Å². The topological polar surface area (TPSA) is 103 Å². The second-order valence-corrected chi connectivity index (χ2v) is 6.29. The molecule has 6 nitrogen and oxygen atoms in total. The first kappa shape index (κ1) is 19.2. The van der Waals surface area contributed by atoms with Crippen molar-refractivity contribution in [3.8, 4) is 11.8 Å². The molecule has 0 aromatic heterocycles. The van der Waals surface area contributed by atoms with E-state index in [1.54, 1.807) is 42.5 Å². The van der Waals surface area contributed by atoms with Crippen LogP contribution in [0.4, 0.5) is 10.5 Å². The van der Waals surface area contributed by atoms with Gasteiger partial charge in [0.05, 0.1) is 11.6 Å². The molecule has 0 spiro atoms. The lowest BCUT2D eigenvalue weighted by molar-refractivity contribution is 0.100.